The summed E-state index contributed by atoms with van der Waals surface area (Å²) in [4.78, 5) is 0. The minimum absolute atomic E-state index is 0.398. The summed E-state index contributed by atoms with van der Waals surface area (Å²) in [5.41, 5.74) is 5.47. The van der Waals surface area contributed by atoms with Crippen molar-refractivity contribution in [2.24, 2.45) is 35.3 Å². The molecular weight excluding hydrogens is 232 g/mol. The molecule has 4 aliphatic carbocycles. The molecule has 4 rings (SSSR count). The van der Waals surface area contributed by atoms with Gasteiger partial charge in [0.25, 0.3) is 0 Å². The first-order valence-corrected chi connectivity index (χ1v) is 8.91. The summed E-state index contributed by atoms with van der Waals surface area (Å²) < 4.78 is 20.1. The highest BCUT2D eigenvalue weighted by atomic mass is 32.2. The van der Waals surface area contributed by atoms with E-state index in [1.54, 1.807) is 0 Å². The van der Waals surface area contributed by atoms with Crippen LogP contribution in [0.1, 0.15) is 32.1 Å². The molecule has 0 saturated heterocycles. The lowest BCUT2D eigenvalue weighted by atomic mass is 9.52. The number of nitrogens with one attached hydrogen (secondary N) is 1. The fourth-order valence-corrected chi connectivity index (χ4v) is 6.61. The standard InChI is InChI=1S/C13H24N2OS/c14-1-2-17(15,16)8-13-11-4-9-3-10(6-11)7-12(13)5-9/h9-13,15H,1-8,14H2. The Balaban J connectivity index is 1.72. The topological polar surface area (TPSA) is 66.9 Å². The van der Waals surface area contributed by atoms with E-state index in [0.29, 0.717) is 24.0 Å². The van der Waals surface area contributed by atoms with Crippen molar-refractivity contribution in [1.29, 1.82) is 4.78 Å². The van der Waals surface area contributed by atoms with Crippen LogP contribution in [0.5, 0.6) is 0 Å². The molecule has 3 nitrogen and oxygen atoms in total. The second kappa shape index (κ2) is 4.23. The minimum Gasteiger partial charge on any atom is -0.330 e. The molecule has 0 amide bonds. The van der Waals surface area contributed by atoms with Gasteiger partial charge in [-0.2, -0.15) is 0 Å². The van der Waals surface area contributed by atoms with E-state index in [1.165, 1.54) is 32.1 Å². The van der Waals surface area contributed by atoms with Crippen LogP contribution >= 0.6 is 0 Å². The molecule has 0 aromatic carbocycles. The Labute approximate surface area is 105 Å². The van der Waals surface area contributed by atoms with Crippen molar-refractivity contribution in [3.8, 4) is 0 Å². The van der Waals surface area contributed by atoms with E-state index in [2.05, 4.69) is 0 Å². The van der Waals surface area contributed by atoms with E-state index in [1.807, 2.05) is 0 Å². The van der Waals surface area contributed by atoms with Crippen molar-refractivity contribution < 1.29 is 4.21 Å². The Morgan fingerprint density at radius 3 is 2.06 bits per heavy atom. The first-order chi connectivity index (χ1) is 8.07. The summed E-state index contributed by atoms with van der Waals surface area (Å²) in [7, 11) is -2.40. The molecule has 1 unspecified atom stereocenters. The predicted octanol–water partition coefficient (Wildman–Crippen LogP) is 2.06. The van der Waals surface area contributed by atoms with Crippen molar-refractivity contribution in [1.82, 2.24) is 0 Å². The molecule has 0 aliphatic heterocycles. The second-order valence-corrected chi connectivity index (χ2v) is 8.93. The van der Waals surface area contributed by atoms with E-state index in [-0.39, 0.29) is 0 Å². The maximum Gasteiger partial charge on any atom is 0.0456 e. The zero-order valence-electron chi connectivity index (χ0n) is 10.4. The SMILES string of the molecule is N=S(=O)(CCN)CC1C2CC3CC(C2)CC1C3. The predicted molar refractivity (Wildman–Crippen MR) is 70.2 cm³/mol. The number of nitrogens with two attached hydrogens (primary N) is 1. The van der Waals surface area contributed by atoms with Gasteiger partial charge in [0.1, 0.15) is 0 Å². The Morgan fingerprint density at radius 2 is 1.59 bits per heavy atom. The molecule has 17 heavy (non-hydrogen) atoms. The fraction of sp³-hybridized carbons (Fsp3) is 1.00. The molecule has 4 saturated carbocycles. The maximum atomic E-state index is 12.2. The van der Waals surface area contributed by atoms with Crippen LogP contribution in [0.25, 0.3) is 0 Å². The van der Waals surface area contributed by atoms with Gasteiger partial charge in [0.15, 0.2) is 0 Å². The van der Waals surface area contributed by atoms with Crippen LogP contribution in [0.2, 0.25) is 0 Å². The first kappa shape index (κ1) is 12.0. The van der Waals surface area contributed by atoms with E-state index < -0.39 is 9.73 Å². The van der Waals surface area contributed by atoms with Gasteiger partial charge in [-0.15, -0.1) is 0 Å². The molecule has 0 radical (unpaired) electrons. The normalized spacial score (nSPS) is 47.0. The van der Waals surface area contributed by atoms with Gasteiger partial charge in [-0.05, 0) is 61.7 Å². The Hall–Kier alpha value is -0.0900. The molecule has 4 bridgehead atoms. The van der Waals surface area contributed by atoms with Crippen molar-refractivity contribution >= 4 is 9.73 Å². The molecular formula is C13H24N2OS. The van der Waals surface area contributed by atoms with Gasteiger partial charge >= 0.3 is 0 Å². The van der Waals surface area contributed by atoms with E-state index in [4.69, 9.17) is 10.5 Å². The Bertz CT molecular complexity index is 362. The molecule has 4 heteroatoms. The van der Waals surface area contributed by atoms with Gasteiger partial charge in [0.2, 0.25) is 0 Å². The van der Waals surface area contributed by atoms with E-state index >= 15 is 0 Å². The van der Waals surface area contributed by atoms with Crippen molar-refractivity contribution in [3.63, 3.8) is 0 Å². The highest BCUT2D eigenvalue weighted by Crippen LogP contribution is 2.56. The van der Waals surface area contributed by atoms with Crippen LogP contribution in [-0.4, -0.2) is 22.3 Å². The number of rotatable bonds is 4. The largest absolute Gasteiger partial charge is 0.330 e. The molecule has 0 aromatic rings. The minimum atomic E-state index is -2.40. The fourth-order valence-electron chi connectivity index (χ4n) is 4.89. The lowest BCUT2D eigenvalue weighted by Gasteiger charge is -2.54. The lowest BCUT2D eigenvalue weighted by Crippen LogP contribution is -2.47. The van der Waals surface area contributed by atoms with Crippen LogP contribution < -0.4 is 5.73 Å². The second-order valence-electron chi connectivity index (χ2n) is 6.57. The molecule has 3 N–H and O–H groups in total. The third-order valence-corrected chi connectivity index (χ3v) is 7.15. The van der Waals surface area contributed by atoms with Gasteiger partial charge in [-0.25, -0.2) is 4.21 Å². The average Bonchev–Trinajstić information content (AvgIpc) is 2.22. The molecule has 0 spiro atoms. The van der Waals surface area contributed by atoms with Crippen LogP contribution in [-0.2, 0) is 9.73 Å². The van der Waals surface area contributed by atoms with Gasteiger partial charge in [-0.3, -0.25) is 4.78 Å². The van der Waals surface area contributed by atoms with Crippen LogP contribution in [0.15, 0.2) is 0 Å². The summed E-state index contributed by atoms with van der Waals surface area (Å²) in [6.07, 6.45) is 6.88. The number of hydrogen-bond acceptors (Lipinski definition) is 3. The Kier molecular flexibility index (Phi) is 2.98. The molecule has 98 valence electrons. The monoisotopic (exact) mass is 256 g/mol. The lowest BCUT2D eigenvalue weighted by molar-refractivity contribution is -0.0266. The zero-order valence-corrected chi connectivity index (χ0v) is 11.3. The van der Waals surface area contributed by atoms with Gasteiger partial charge < -0.3 is 5.73 Å². The van der Waals surface area contributed by atoms with Crippen molar-refractivity contribution in [2.75, 3.05) is 18.1 Å². The van der Waals surface area contributed by atoms with Crippen molar-refractivity contribution in [3.05, 3.63) is 0 Å². The number of hydrogen-bond donors (Lipinski definition) is 2. The van der Waals surface area contributed by atoms with E-state index in [0.717, 1.165) is 23.7 Å². The average molecular weight is 256 g/mol. The maximum absolute atomic E-state index is 12.2. The zero-order chi connectivity index (χ0) is 12.0. The third kappa shape index (κ3) is 2.26. The molecule has 0 aromatic heterocycles. The summed E-state index contributed by atoms with van der Waals surface area (Å²) >= 11 is 0. The van der Waals surface area contributed by atoms with Crippen LogP contribution in [0.3, 0.4) is 0 Å². The van der Waals surface area contributed by atoms with Gasteiger partial charge in [0, 0.05) is 27.8 Å². The van der Waals surface area contributed by atoms with Gasteiger partial charge in [0.05, 0.1) is 0 Å². The molecule has 0 heterocycles. The van der Waals surface area contributed by atoms with E-state index in [9.17, 15) is 4.21 Å². The smallest absolute Gasteiger partial charge is 0.0456 e. The summed E-state index contributed by atoms with van der Waals surface area (Å²) in [6, 6.07) is 0. The van der Waals surface area contributed by atoms with Gasteiger partial charge in [-0.1, -0.05) is 0 Å². The van der Waals surface area contributed by atoms with Crippen LogP contribution in [0, 0.1) is 34.4 Å². The summed E-state index contributed by atoms with van der Waals surface area (Å²) in [5.74, 6) is 5.12. The highest BCUT2D eigenvalue weighted by Gasteiger charge is 2.48. The summed E-state index contributed by atoms with van der Waals surface area (Å²) in [6.45, 7) is 0.398. The Morgan fingerprint density at radius 1 is 1.06 bits per heavy atom. The summed E-state index contributed by atoms with van der Waals surface area (Å²) in [5, 5.41) is 0. The third-order valence-electron chi connectivity index (χ3n) is 5.33. The molecule has 4 fully saturated rings. The van der Waals surface area contributed by atoms with Crippen molar-refractivity contribution in [2.45, 2.75) is 32.1 Å². The molecule has 1 atom stereocenters. The molecule has 4 aliphatic rings. The van der Waals surface area contributed by atoms with Crippen LogP contribution in [0.4, 0.5) is 0 Å². The highest BCUT2D eigenvalue weighted by molar-refractivity contribution is 7.92. The first-order valence-electron chi connectivity index (χ1n) is 7.01. The quantitative estimate of drug-likeness (QED) is 0.808.